The Hall–Kier alpha value is -5.84. The van der Waals surface area contributed by atoms with E-state index in [2.05, 4.69) is 20.7 Å². The van der Waals surface area contributed by atoms with E-state index >= 15 is 0 Å². The molecule has 0 aliphatic carbocycles. The number of carboxylic acid groups (broad SMARTS) is 1. The summed E-state index contributed by atoms with van der Waals surface area (Å²) < 4.78 is 36.4. The predicted molar refractivity (Wildman–Crippen MR) is 150 cm³/mol. The van der Waals surface area contributed by atoms with Crippen molar-refractivity contribution in [3.8, 4) is 23.0 Å². The van der Waals surface area contributed by atoms with Crippen LogP contribution < -0.4 is 16.0 Å². The molecule has 4 rings (SSSR count). The zero-order valence-electron chi connectivity index (χ0n) is 23.6. The van der Waals surface area contributed by atoms with Crippen molar-refractivity contribution in [3.05, 3.63) is 82.4 Å². The second-order valence-electron chi connectivity index (χ2n) is 9.58. The van der Waals surface area contributed by atoms with E-state index in [1.807, 2.05) is 0 Å². The Morgan fingerprint density at radius 1 is 0.783 bits per heavy atom. The highest BCUT2D eigenvalue weighted by Crippen LogP contribution is 2.34. The zero-order valence-corrected chi connectivity index (χ0v) is 23.6. The summed E-state index contributed by atoms with van der Waals surface area (Å²) in [6.45, 7) is 0.687. The third-order valence-electron chi connectivity index (χ3n) is 6.48. The highest BCUT2D eigenvalue weighted by atomic mass is 19.4. The molecule has 14 nitrogen and oxygen atoms in total. The van der Waals surface area contributed by atoms with E-state index in [-0.39, 0.29) is 16.9 Å². The normalized spacial score (nSPS) is 15.6. The molecule has 1 fully saturated rings. The van der Waals surface area contributed by atoms with Crippen molar-refractivity contribution < 1.29 is 67.4 Å². The van der Waals surface area contributed by atoms with Gasteiger partial charge in [0, 0.05) is 24.2 Å². The number of ether oxygens (including phenoxy) is 1. The monoisotopic (exact) mass is 649 g/mol. The van der Waals surface area contributed by atoms with Gasteiger partial charge in [0.1, 0.15) is 28.6 Å². The van der Waals surface area contributed by atoms with Crippen LogP contribution in [-0.4, -0.2) is 93.5 Å². The average Bonchev–Trinajstić information content (AvgIpc) is 3.42. The Kier molecular flexibility index (Phi) is 10.8. The van der Waals surface area contributed by atoms with E-state index in [0.29, 0.717) is 18.7 Å². The lowest BCUT2D eigenvalue weighted by atomic mass is 9.95. The number of hydrogen-bond acceptors (Lipinski definition) is 11. The van der Waals surface area contributed by atoms with Gasteiger partial charge in [-0.25, -0.2) is 9.59 Å². The van der Waals surface area contributed by atoms with Crippen LogP contribution in [-0.2, 0) is 9.53 Å². The highest BCUT2D eigenvalue weighted by Gasteiger charge is 2.38. The molecule has 2 atom stereocenters. The quantitative estimate of drug-likeness (QED) is 0.135. The number of alkyl halides is 3. The van der Waals surface area contributed by atoms with Gasteiger partial charge in [-0.1, -0.05) is 6.07 Å². The van der Waals surface area contributed by atoms with Crippen molar-refractivity contribution in [1.82, 2.24) is 16.0 Å². The van der Waals surface area contributed by atoms with E-state index in [1.165, 1.54) is 36.4 Å². The molecule has 1 aliphatic heterocycles. The number of aliphatic carboxylic acids is 1. The zero-order chi connectivity index (χ0) is 34.3. The molecular formula is C29H26F3N3O11. The van der Waals surface area contributed by atoms with Crippen LogP contribution in [0.4, 0.5) is 13.2 Å². The number of phenolic OH excluding ortho intramolecular Hbond substituents is 4. The van der Waals surface area contributed by atoms with Gasteiger partial charge in [-0.3, -0.25) is 14.4 Å². The molecule has 1 aliphatic rings. The number of carbonyl (C=O) groups is 5. The first kappa shape index (κ1) is 34.6. The standard InChI is InChI=1S/C27H25N3O9.C2HF3O2/c1-39-27(38)16-3-2-4-19(32)22(16)24(35)23-20(33)9-14(10-21(23)34)26(37)30-18-12-28-11-17(18)29-25(36)13-5-7-15(31)8-6-13;3-2(4,5)1(6)7/h2-10,17-18,28,31-34H,11-12H2,1H3,(H,29,36)(H,30,37);(H,6,7)/t17-,18-;/m1./s1. The van der Waals surface area contributed by atoms with Gasteiger partial charge >= 0.3 is 18.1 Å². The lowest BCUT2D eigenvalue weighted by Gasteiger charge is -2.21. The number of benzene rings is 3. The molecule has 0 bridgehead atoms. The van der Waals surface area contributed by atoms with Crippen LogP contribution in [0, 0.1) is 0 Å². The molecule has 0 aromatic heterocycles. The molecule has 3 aromatic rings. The maximum atomic E-state index is 13.1. The Morgan fingerprint density at radius 2 is 1.28 bits per heavy atom. The first-order chi connectivity index (χ1) is 21.5. The van der Waals surface area contributed by atoms with Gasteiger partial charge in [0.25, 0.3) is 11.8 Å². The number of rotatable bonds is 7. The minimum atomic E-state index is -5.08. The number of carboxylic acids is 1. The lowest BCUT2D eigenvalue weighted by Crippen LogP contribution is -2.51. The van der Waals surface area contributed by atoms with Crippen molar-refractivity contribution in [3.63, 3.8) is 0 Å². The molecule has 2 amide bonds. The fraction of sp³-hybridized carbons (Fsp3) is 0.207. The maximum absolute atomic E-state index is 13.1. The summed E-state index contributed by atoms with van der Waals surface area (Å²) in [4.78, 5) is 59.6. The van der Waals surface area contributed by atoms with Crippen LogP contribution in [0.1, 0.15) is 47.0 Å². The highest BCUT2D eigenvalue weighted by molar-refractivity contribution is 6.18. The summed E-state index contributed by atoms with van der Waals surface area (Å²) >= 11 is 0. The number of nitrogens with one attached hydrogen (secondary N) is 3. The third-order valence-corrected chi connectivity index (χ3v) is 6.48. The first-order valence-electron chi connectivity index (χ1n) is 13.0. The topological polar surface area (TPSA) is 232 Å². The summed E-state index contributed by atoms with van der Waals surface area (Å²) in [7, 11) is 1.09. The summed E-state index contributed by atoms with van der Waals surface area (Å²) in [6, 6.07) is 10.3. The molecule has 17 heteroatoms. The molecule has 8 N–H and O–H groups in total. The smallest absolute Gasteiger partial charge is 0.490 e. The van der Waals surface area contributed by atoms with Crippen LogP contribution in [0.2, 0.25) is 0 Å². The van der Waals surface area contributed by atoms with Crippen molar-refractivity contribution in [1.29, 1.82) is 0 Å². The Morgan fingerprint density at radius 3 is 1.76 bits per heavy atom. The summed E-state index contributed by atoms with van der Waals surface area (Å²) in [5.41, 5.74) is -1.25. The minimum absolute atomic E-state index is 0.0166. The molecule has 244 valence electrons. The summed E-state index contributed by atoms with van der Waals surface area (Å²) in [5.74, 6) is -7.91. The third kappa shape index (κ3) is 8.20. The number of halogens is 3. The van der Waals surface area contributed by atoms with Gasteiger partial charge < -0.3 is 46.2 Å². The second kappa shape index (κ2) is 14.3. The maximum Gasteiger partial charge on any atom is 0.490 e. The molecular weight excluding hydrogens is 623 g/mol. The van der Waals surface area contributed by atoms with Gasteiger partial charge in [0.2, 0.25) is 5.78 Å². The van der Waals surface area contributed by atoms with Crippen LogP contribution in [0.3, 0.4) is 0 Å². The molecule has 0 radical (unpaired) electrons. The van der Waals surface area contributed by atoms with Crippen LogP contribution in [0.15, 0.2) is 54.6 Å². The van der Waals surface area contributed by atoms with Gasteiger partial charge in [0.15, 0.2) is 0 Å². The van der Waals surface area contributed by atoms with Crippen molar-refractivity contribution in [2.75, 3.05) is 20.2 Å². The predicted octanol–water partition coefficient (Wildman–Crippen LogP) is 1.66. The van der Waals surface area contributed by atoms with Crippen molar-refractivity contribution >= 4 is 29.5 Å². The Labute approximate surface area is 257 Å². The number of esters is 1. The van der Waals surface area contributed by atoms with E-state index in [9.17, 15) is 52.8 Å². The molecule has 46 heavy (non-hydrogen) atoms. The van der Waals surface area contributed by atoms with Gasteiger partial charge in [-0.15, -0.1) is 0 Å². The largest absolute Gasteiger partial charge is 0.508 e. The van der Waals surface area contributed by atoms with E-state index in [0.717, 1.165) is 25.3 Å². The Bertz CT molecular complexity index is 1640. The number of carbonyl (C=O) groups excluding carboxylic acids is 4. The van der Waals surface area contributed by atoms with E-state index in [1.54, 1.807) is 0 Å². The van der Waals surface area contributed by atoms with Crippen LogP contribution in [0.25, 0.3) is 0 Å². The Balaban J connectivity index is 0.000000738. The molecule has 1 heterocycles. The van der Waals surface area contributed by atoms with E-state index < -0.39 is 76.2 Å². The summed E-state index contributed by atoms with van der Waals surface area (Å²) in [6.07, 6.45) is -5.08. The molecule has 3 aromatic carbocycles. The average molecular weight is 650 g/mol. The number of aromatic hydroxyl groups is 4. The van der Waals surface area contributed by atoms with Gasteiger partial charge in [-0.05, 0) is 48.5 Å². The van der Waals surface area contributed by atoms with Gasteiger partial charge in [-0.2, -0.15) is 13.2 Å². The number of phenols is 4. The number of ketones is 1. The van der Waals surface area contributed by atoms with Crippen LogP contribution >= 0.6 is 0 Å². The lowest BCUT2D eigenvalue weighted by molar-refractivity contribution is -0.192. The minimum Gasteiger partial charge on any atom is -0.508 e. The molecule has 1 saturated heterocycles. The number of amides is 2. The number of methoxy groups -OCH3 is 1. The molecule has 0 saturated carbocycles. The van der Waals surface area contributed by atoms with Crippen molar-refractivity contribution in [2.45, 2.75) is 18.3 Å². The second-order valence-corrected chi connectivity index (χ2v) is 9.58. The molecule has 0 spiro atoms. The van der Waals surface area contributed by atoms with Crippen molar-refractivity contribution in [2.24, 2.45) is 0 Å². The molecule has 0 unspecified atom stereocenters. The summed E-state index contributed by atoms with van der Waals surface area (Å²) in [5, 5.41) is 56.5. The fourth-order valence-electron chi connectivity index (χ4n) is 4.26. The SMILES string of the molecule is COC(=O)c1cccc(O)c1C(=O)c1c(O)cc(C(=O)N[C@@H]2CNC[C@H]2NC(=O)c2ccc(O)cc2)cc1O.O=C(O)C(F)(F)F. The fourth-order valence-corrected chi connectivity index (χ4v) is 4.26. The van der Waals surface area contributed by atoms with Crippen LogP contribution in [0.5, 0.6) is 23.0 Å². The first-order valence-corrected chi connectivity index (χ1v) is 13.0. The van der Waals surface area contributed by atoms with E-state index in [4.69, 9.17) is 9.90 Å². The van der Waals surface area contributed by atoms with Gasteiger partial charge in [0.05, 0.1) is 30.3 Å². The number of hydrogen-bond donors (Lipinski definition) is 8.